The maximum Gasteiger partial charge on any atom is 0.237 e. The van der Waals surface area contributed by atoms with Gasteiger partial charge < -0.3 is 4.90 Å². The lowest BCUT2D eigenvalue weighted by molar-refractivity contribution is -0.125. The first-order valence-corrected chi connectivity index (χ1v) is 7.69. The van der Waals surface area contributed by atoms with Crippen molar-refractivity contribution in [3.63, 3.8) is 0 Å². The van der Waals surface area contributed by atoms with E-state index in [1.165, 1.54) is 0 Å². The van der Waals surface area contributed by atoms with Crippen LogP contribution in [0.15, 0.2) is 30.6 Å². The quantitative estimate of drug-likeness (QED) is 0.499. The van der Waals surface area contributed by atoms with Gasteiger partial charge in [-0.1, -0.05) is 0 Å². The summed E-state index contributed by atoms with van der Waals surface area (Å²) in [5.41, 5.74) is 4.05. The molecule has 3 heterocycles. The summed E-state index contributed by atoms with van der Waals surface area (Å²) in [4.78, 5) is 27.1. The molecule has 7 nitrogen and oxygen atoms in total. The van der Waals surface area contributed by atoms with E-state index in [9.17, 15) is 4.79 Å². The van der Waals surface area contributed by atoms with E-state index in [1.54, 1.807) is 12.4 Å². The van der Waals surface area contributed by atoms with Gasteiger partial charge in [0.05, 0.1) is 0 Å². The highest BCUT2D eigenvalue weighted by molar-refractivity contribution is 5.78. The molecule has 1 fully saturated rings. The van der Waals surface area contributed by atoms with Gasteiger partial charge in [-0.05, 0) is 31.9 Å². The number of pyridine rings is 1. The third-order valence-electron chi connectivity index (χ3n) is 4.09. The van der Waals surface area contributed by atoms with Crippen molar-refractivity contribution in [3.05, 3.63) is 36.3 Å². The Hall–Kier alpha value is -2.54. The molecule has 1 aliphatic rings. The number of hydrogen-bond acceptors (Lipinski definition) is 6. The van der Waals surface area contributed by atoms with Crippen LogP contribution in [0.2, 0.25) is 0 Å². The fourth-order valence-corrected chi connectivity index (χ4v) is 2.83. The normalized spacial score (nSPS) is 15.5. The van der Waals surface area contributed by atoms with E-state index >= 15 is 0 Å². The van der Waals surface area contributed by atoms with Crippen LogP contribution in [0, 0.1) is 12.8 Å². The van der Waals surface area contributed by atoms with E-state index < -0.39 is 0 Å². The van der Waals surface area contributed by atoms with Crippen LogP contribution in [-0.2, 0) is 4.79 Å². The third-order valence-corrected chi connectivity index (χ3v) is 4.09. The van der Waals surface area contributed by atoms with Gasteiger partial charge in [0, 0.05) is 48.7 Å². The minimum absolute atomic E-state index is 0.0167. The molecule has 23 heavy (non-hydrogen) atoms. The van der Waals surface area contributed by atoms with Gasteiger partial charge in [-0.3, -0.25) is 15.2 Å². The summed E-state index contributed by atoms with van der Waals surface area (Å²) in [5, 5.41) is 0. The second kappa shape index (κ2) is 6.70. The van der Waals surface area contributed by atoms with Crippen molar-refractivity contribution in [2.75, 3.05) is 18.0 Å². The second-order valence-electron chi connectivity index (χ2n) is 5.70. The monoisotopic (exact) mass is 312 g/mol. The molecule has 0 bridgehead atoms. The standard InChI is InChI=1S/C16H20N6O/c1-11-9-14(20-15(19-11)13-3-2-6-18-10-13)22-7-4-12(5-8-22)16(23)21-17/h2-3,6,9-10,12H,4-5,7-8,17H2,1H3,(H,21,23). The van der Waals surface area contributed by atoms with Crippen molar-refractivity contribution in [2.24, 2.45) is 11.8 Å². The molecule has 7 heteroatoms. The number of nitrogens with zero attached hydrogens (tertiary/aromatic N) is 4. The number of carbonyl (C=O) groups is 1. The van der Waals surface area contributed by atoms with E-state index in [1.807, 2.05) is 25.1 Å². The van der Waals surface area contributed by atoms with Gasteiger partial charge in [-0.2, -0.15) is 0 Å². The van der Waals surface area contributed by atoms with Gasteiger partial charge in [0.2, 0.25) is 5.91 Å². The lowest BCUT2D eigenvalue weighted by atomic mass is 9.96. The Morgan fingerprint density at radius 3 is 2.78 bits per heavy atom. The van der Waals surface area contributed by atoms with Crippen LogP contribution < -0.4 is 16.2 Å². The van der Waals surface area contributed by atoms with Crippen molar-refractivity contribution in [1.82, 2.24) is 20.4 Å². The van der Waals surface area contributed by atoms with Crippen LogP contribution in [0.3, 0.4) is 0 Å². The number of piperidine rings is 1. The molecule has 3 N–H and O–H groups in total. The largest absolute Gasteiger partial charge is 0.356 e. The topological polar surface area (TPSA) is 97.0 Å². The summed E-state index contributed by atoms with van der Waals surface area (Å²) in [5.74, 6) is 6.68. The summed E-state index contributed by atoms with van der Waals surface area (Å²) >= 11 is 0. The Morgan fingerprint density at radius 1 is 1.35 bits per heavy atom. The van der Waals surface area contributed by atoms with Gasteiger partial charge in [0.25, 0.3) is 0 Å². The lowest BCUT2D eigenvalue weighted by Gasteiger charge is -2.32. The van der Waals surface area contributed by atoms with Crippen LogP contribution >= 0.6 is 0 Å². The predicted octanol–water partition coefficient (Wildman–Crippen LogP) is 1.05. The van der Waals surface area contributed by atoms with Crippen LogP contribution in [0.1, 0.15) is 18.5 Å². The number of nitrogens with one attached hydrogen (secondary N) is 1. The van der Waals surface area contributed by atoms with Crippen molar-refractivity contribution >= 4 is 11.7 Å². The number of nitrogens with two attached hydrogens (primary N) is 1. The molecule has 0 radical (unpaired) electrons. The first-order valence-electron chi connectivity index (χ1n) is 7.69. The molecule has 2 aromatic rings. The molecule has 0 aliphatic carbocycles. The molecule has 0 saturated carbocycles. The second-order valence-corrected chi connectivity index (χ2v) is 5.70. The van der Waals surface area contributed by atoms with Crippen LogP contribution in [0.25, 0.3) is 11.4 Å². The predicted molar refractivity (Wildman–Crippen MR) is 87.3 cm³/mol. The molecule has 0 atom stereocenters. The SMILES string of the molecule is Cc1cc(N2CCC(C(=O)NN)CC2)nc(-c2cccnc2)n1. The highest BCUT2D eigenvalue weighted by Gasteiger charge is 2.25. The lowest BCUT2D eigenvalue weighted by Crippen LogP contribution is -2.43. The maximum absolute atomic E-state index is 11.6. The summed E-state index contributed by atoms with van der Waals surface area (Å²) in [6, 6.07) is 5.80. The smallest absolute Gasteiger partial charge is 0.237 e. The zero-order valence-corrected chi connectivity index (χ0v) is 13.1. The molecule has 2 aromatic heterocycles. The molecule has 0 spiro atoms. The Morgan fingerprint density at radius 2 is 2.13 bits per heavy atom. The average molecular weight is 312 g/mol. The highest BCUT2D eigenvalue weighted by Crippen LogP contribution is 2.24. The number of aryl methyl sites for hydroxylation is 1. The number of amides is 1. The first-order chi connectivity index (χ1) is 11.2. The Labute approximate surface area is 134 Å². The molecular weight excluding hydrogens is 292 g/mol. The molecule has 120 valence electrons. The van der Waals surface area contributed by atoms with Crippen molar-refractivity contribution < 1.29 is 4.79 Å². The Balaban J connectivity index is 1.79. The fraction of sp³-hybridized carbons (Fsp3) is 0.375. The van der Waals surface area contributed by atoms with Crippen LogP contribution in [0.5, 0.6) is 0 Å². The molecule has 1 amide bonds. The van der Waals surface area contributed by atoms with Crippen LogP contribution in [0.4, 0.5) is 5.82 Å². The fourth-order valence-electron chi connectivity index (χ4n) is 2.83. The minimum Gasteiger partial charge on any atom is -0.356 e. The number of anilines is 1. The summed E-state index contributed by atoms with van der Waals surface area (Å²) in [6.07, 6.45) is 5.03. The average Bonchev–Trinajstić information content (AvgIpc) is 2.61. The zero-order valence-electron chi connectivity index (χ0n) is 13.1. The number of hydrazine groups is 1. The Bertz CT molecular complexity index is 682. The van der Waals surface area contributed by atoms with Crippen molar-refractivity contribution in [3.8, 4) is 11.4 Å². The van der Waals surface area contributed by atoms with E-state index in [4.69, 9.17) is 5.84 Å². The summed E-state index contributed by atoms with van der Waals surface area (Å²) in [6.45, 7) is 3.52. The Kier molecular flexibility index (Phi) is 4.47. The third kappa shape index (κ3) is 3.45. The molecule has 3 rings (SSSR count). The first kappa shape index (κ1) is 15.4. The molecule has 0 aromatic carbocycles. The van der Waals surface area contributed by atoms with Gasteiger partial charge in [-0.15, -0.1) is 0 Å². The van der Waals surface area contributed by atoms with Crippen molar-refractivity contribution in [1.29, 1.82) is 0 Å². The van der Waals surface area contributed by atoms with E-state index in [0.29, 0.717) is 5.82 Å². The summed E-state index contributed by atoms with van der Waals surface area (Å²) < 4.78 is 0. The summed E-state index contributed by atoms with van der Waals surface area (Å²) in [7, 11) is 0. The molecule has 0 unspecified atom stereocenters. The van der Waals surface area contributed by atoms with Crippen molar-refractivity contribution in [2.45, 2.75) is 19.8 Å². The number of hydrogen-bond donors (Lipinski definition) is 2. The van der Waals surface area contributed by atoms with Gasteiger partial charge >= 0.3 is 0 Å². The van der Waals surface area contributed by atoms with Crippen LogP contribution in [-0.4, -0.2) is 33.9 Å². The molecular formula is C16H20N6O. The number of aromatic nitrogens is 3. The zero-order chi connectivity index (χ0) is 16.2. The van der Waals surface area contributed by atoms with Gasteiger partial charge in [0.1, 0.15) is 5.82 Å². The number of carbonyl (C=O) groups excluding carboxylic acids is 1. The highest BCUT2D eigenvalue weighted by atomic mass is 16.2. The van der Waals surface area contributed by atoms with E-state index in [0.717, 1.165) is 43.0 Å². The minimum atomic E-state index is -0.0837. The number of rotatable bonds is 3. The maximum atomic E-state index is 11.6. The molecule has 1 aliphatic heterocycles. The van der Waals surface area contributed by atoms with E-state index in [2.05, 4.69) is 25.3 Å². The molecule has 1 saturated heterocycles. The van der Waals surface area contributed by atoms with Gasteiger partial charge in [-0.25, -0.2) is 15.8 Å². The van der Waals surface area contributed by atoms with E-state index in [-0.39, 0.29) is 11.8 Å². The van der Waals surface area contributed by atoms with Gasteiger partial charge in [0.15, 0.2) is 5.82 Å².